The highest BCUT2D eigenvalue weighted by Gasteiger charge is 2.22. The summed E-state index contributed by atoms with van der Waals surface area (Å²) in [7, 11) is 0. The lowest BCUT2D eigenvalue weighted by atomic mass is 10.1. The summed E-state index contributed by atoms with van der Waals surface area (Å²) in [5.41, 5.74) is 3.49. The predicted octanol–water partition coefficient (Wildman–Crippen LogP) is 5.00. The number of ether oxygens (including phenoxy) is 1. The van der Waals surface area contributed by atoms with E-state index in [9.17, 15) is 14.9 Å². The van der Waals surface area contributed by atoms with Crippen molar-refractivity contribution in [3.8, 4) is 6.07 Å². The van der Waals surface area contributed by atoms with E-state index in [-0.39, 0.29) is 18.3 Å². The number of amides is 1. The quantitative estimate of drug-likeness (QED) is 0.429. The number of aryl methyl sites for hydroxylation is 2. The number of benzene rings is 1. The third-order valence-electron chi connectivity index (χ3n) is 4.52. The molecule has 1 N–H and O–H groups in total. The van der Waals surface area contributed by atoms with Gasteiger partial charge in [-0.05, 0) is 51.0 Å². The third-order valence-corrected chi connectivity index (χ3v) is 6.63. The monoisotopic (exact) mass is 439 g/mol. The molecule has 0 atom stereocenters. The maximum atomic E-state index is 12.6. The number of pyridine rings is 1. The number of esters is 1. The van der Waals surface area contributed by atoms with Crippen molar-refractivity contribution in [1.29, 1.82) is 5.26 Å². The van der Waals surface area contributed by atoms with Gasteiger partial charge in [0.05, 0.1) is 29.0 Å². The summed E-state index contributed by atoms with van der Waals surface area (Å²) < 4.78 is 5.12. The molecule has 30 heavy (non-hydrogen) atoms. The number of nitrogens with zero attached hydrogens (tertiary/aromatic N) is 2. The van der Waals surface area contributed by atoms with Crippen molar-refractivity contribution in [2.45, 2.75) is 32.7 Å². The van der Waals surface area contributed by atoms with Crippen LogP contribution in [0.25, 0.3) is 10.9 Å². The van der Waals surface area contributed by atoms with Gasteiger partial charge in [-0.15, -0.1) is 11.3 Å². The zero-order valence-corrected chi connectivity index (χ0v) is 18.8. The molecule has 154 valence electrons. The Bertz CT molecular complexity index is 1180. The molecule has 0 saturated heterocycles. The second-order valence-corrected chi connectivity index (χ2v) is 8.88. The van der Waals surface area contributed by atoms with Gasteiger partial charge in [-0.1, -0.05) is 23.9 Å². The molecule has 0 aliphatic carbocycles. The molecule has 0 fully saturated rings. The number of nitriles is 1. The van der Waals surface area contributed by atoms with Crippen molar-refractivity contribution in [2.24, 2.45) is 0 Å². The molecule has 0 spiro atoms. The van der Waals surface area contributed by atoms with Gasteiger partial charge in [0.15, 0.2) is 0 Å². The van der Waals surface area contributed by atoms with Gasteiger partial charge in [0, 0.05) is 10.3 Å². The van der Waals surface area contributed by atoms with E-state index in [2.05, 4.69) is 16.4 Å². The first-order valence-corrected chi connectivity index (χ1v) is 11.2. The number of aromatic nitrogens is 1. The average Bonchev–Trinajstić information content (AvgIpc) is 2.98. The maximum Gasteiger partial charge on any atom is 0.341 e. The molecule has 0 saturated carbocycles. The molecule has 3 aromatic rings. The van der Waals surface area contributed by atoms with Crippen LogP contribution in [0.1, 0.15) is 38.8 Å². The number of hydrogen-bond acceptors (Lipinski definition) is 7. The van der Waals surface area contributed by atoms with E-state index in [1.807, 2.05) is 39.0 Å². The number of nitrogens with one attached hydrogen (secondary N) is 1. The topological polar surface area (TPSA) is 92.1 Å². The van der Waals surface area contributed by atoms with Crippen LogP contribution in [0, 0.1) is 32.1 Å². The van der Waals surface area contributed by atoms with Crippen molar-refractivity contribution in [1.82, 2.24) is 4.98 Å². The first-order valence-electron chi connectivity index (χ1n) is 9.35. The molecular weight excluding hydrogens is 418 g/mol. The van der Waals surface area contributed by atoms with Gasteiger partial charge in [-0.2, -0.15) is 5.26 Å². The highest BCUT2D eigenvalue weighted by atomic mass is 32.2. The summed E-state index contributed by atoms with van der Waals surface area (Å²) in [6.07, 6.45) is 0. The Kier molecular flexibility index (Phi) is 6.75. The number of rotatable bonds is 6. The summed E-state index contributed by atoms with van der Waals surface area (Å²) in [6.45, 7) is 7.72. The third kappa shape index (κ3) is 4.64. The van der Waals surface area contributed by atoms with Crippen LogP contribution in [0.4, 0.5) is 5.00 Å². The van der Waals surface area contributed by atoms with Gasteiger partial charge in [-0.3, -0.25) is 4.79 Å². The number of thioether (sulfide) groups is 1. The zero-order valence-electron chi connectivity index (χ0n) is 17.2. The summed E-state index contributed by atoms with van der Waals surface area (Å²) in [5, 5.41) is 14.1. The normalized spacial score (nSPS) is 10.6. The minimum Gasteiger partial charge on any atom is -0.462 e. The largest absolute Gasteiger partial charge is 0.462 e. The van der Waals surface area contributed by atoms with E-state index in [4.69, 9.17) is 4.74 Å². The van der Waals surface area contributed by atoms with E-state index in [0.29, 0.717) is 21.2 Å². The Morgan fingerprint density at radius 2 is 2.03 bits per heavy atom. The van der Waals surface area contributed by atoms with Crippen LogP contribution >= 0.6 is 23.1 Å². The molecule has 0 aliphatic heterocycles. The minimum absolute atomic E-state index is 0.0667. The van der Waals surface area contributed by atoms with Crippen molar-refractivity contribution in [3.05, 3.63) is 51.4 Å². The lowest BCUT2D eigenvalue weighted by molar-refractivity contribution is -0.113. The van der Waals surface area contributed by atoms with Crippen molar-refractivity contribution < 1.29 is 14.3 Å². The molecule has 3 rings (SSSR count). The van der Waals surface area contributed by atoms with Crippen LogP contribution < -0.4 is 5.32 Å². The molecule has 1 amide bonds. The van der Waals surface area contributed by atoms with Crippen molar-refractivity contribution in [3.63, 3.8) is 0 Å². The fourth-order valence-electron chi connectivity index (χ4n) is 2.91. The molecule has 2 heterocycles. The van der Waals surface area contributed by atoms with Gasteiger partial charge >= 0.3 is 5.97 Å². The number of fused-ring (bicyclic) bond motifs is 1. The highest BCUT2D eigenvalue weighted by Crippen LogP contribution is 2.33. The molecule has 0 aliphatic rings. The molecule has 2 aromatic heterocycles. The first-order chi connectivity index (χ1) is 14.3. The summed E-state index contributed by atoms with van der Waals surface area (Å²) in [5.74, 6) is -0.653. The van der Waals surface area contributed by atoms with Crippen LogP contribution in [-0.2, 0) is 9.53 Å². The van der Waals surface area contributed by atoms with Crippen LogP contribution in [0.2, 0.25) is 0 Å². The van der Waals surface area contributed by atoms with E-state index in [0.717, 1.165) is 26.9 Å². The van der Waals surface area contributed by atoms with E-state index in [1.165, 1.54) is 23.1 Å². The molecule has 0 bridgehead atoms. The van der Waals surface area contributed by atoms with Crippen LogP contribution in [0.15, 0.2) is 29.3 Å². The molecule has 0 radical (unpaired) electrons. The highest BCUT2D eigenvalue weighted by molar-refractivity contribution is 8.00. The van der Waals surface area contributed by atoms with Crippen molar-refractivity contribution in [2.75, 3.05) is 17.7 Å². The summed E-state index contributed by atoms with van der Waals surface area (Å²) in [4.78, 5) is 30.4. The van der Waals surface area contributed by atoms with E-state index < -0.39 is 5.97 Å². The Labute approximate surface area is 183 Å². The smallest absolute Gasteiger partial charge is 0.341 e. The van der Waals surface area contributed by atoms with Gasteiger partial charge < -0.3 is 10.1 Å². The molecule has 1 aromatic carbocycles. The SMILES string of the molecule is CCOC(=O)c1c(NC(=O)CSc2nc3cc(C)ccc3cc2C#N)sc(C)c1C. The Morgan fingerprint density at radius 3 is 2.73 bits per heavy atom. The fraction of sp³-hybridized carbons (Fsp3) is 0.273. The van der Waals surface area contributed by atoms with E-state index >= 15 is 0 Å². The van der Waals surface area contributed by atoms with Gasteiger partial charge in [0.2, 0.25) is 5.91 Å². The number of hydrogen-bond donors (Lipinski definition) is 1. The lowest BCUT2D eigenvalue weighted by Crippen LogP contribution is -2.16. The summed E-state index contributed by atoms with van der Waals surface area (Å²) >= 11 is 2.54. The number of thiophene rings is 1. The minimum atomic E-state index is -0.444. The Morgan fingerprint density at radius 1 is 1.27 bits per heavy atom. The predicted molar refractivity (Wildman–Crippen MR) is 120 cm³/mol. The average molecular weight is 440 g/mol. The van der Waals surface area contributed by atoms with E-state index in [1.54, 1.807) is 13.0 Å². The Hall–Kier alpha value is -2.89. The molecule has 6 nitrogen and oxygen atoms in total. The maximum absolute atomic E-state index is 12.6. The number of carbonyl (C=O) groups excluding carboxylic acids is 2. The molecular formula is C22H21N3O3S2. The van der Waals surface area contributed by atoms with Crippen LogP contribution in [-0.4, -0.2) is 29.2 Å². The fourth-order valence-corrected chi connectivity index (χ4v) is 4.74. The number of carbonyl (C=O) groups is 2. The summed E-state index contributed by atoms with van der Waals surface area (Å²) in [6, 6.07) is 9.78. The van der Waals surface area contributed by atoms with Gasteiger partial charge in [-0.25, -0.2) is 9.78 Å². The lowest BCUT2D eigenvalue weighted by Gasteiger charge is -2.08. The molecule has 0 unspecified atom stereocenters. The van der Waals surface area contributed by atoms with Crippen molar-refractivity contribution >= 4 is 50.9 Å². The second-order valence-electron chi connectivity index (χ2n) is 6.69. The zero-order chi connectivity index (χ0) is 21.8. The second kappa shape index (κ2) is 9.28. The Balaban J connectivity index is 1.78. The van der Waals surface area contributed by atoms with Crippen LogP contribution in [0.5, 0.6) is 0 Å². The number of anilines is 1. The van der Waals surface area contributed by atoms with Gasteiger partial charge in [0.1, 0.15) is 16.1 Å². The van der Waals surface area contributed by atoms with Gasteiger partial charge in [0.25, 0.3) is 0 Å². The standard InChI is InChI=1S/C22H21N3O3S2/c1-5-28-22(27)19-13(3)14(4)30-21(19)25-18(26)11-29-20-16(10-23)9-15-7-6-12(2)8-17(15)24-20/h6-9H,5,11H2,1-4H3,(H,25,26). The first kappa shape index (κ1) is 21.8. The molecule has 8 heteroatoms. The van der Waals surface area contributed by atoms with Crippen LogP contribution in [0.3, 0.4) is 0 Å².